The summed E-state index contributed by atoms with van der Waals surface area (Å²) in [4.78, 5) is 27.0. The van der Waals surface area contributed by atoms with Crippen LogP contribution in [0.2, 0.25) is 0 Å². The Morgan fingerprint density at radius 1 is 0.786 bits per heavy atom. The second-order valence-corrected chi connectivity index (χ2v) is 7.87. The predicted molar refractivity (Wildman–Crippen MR) is 111 cm³/mol. The smallest absolute Gasteiger partial charge is 0.323 e. The summed E-state index contributed by atoms with van der Waals surface area (Å²) in [5.74, 6) is 1.59. The van der Waals surface area contributed by atoms with Gasteiger partial charge in [0.15, 0.2) is 0 Å². The SMILES string of the molecule is O=C(Nc1ccccc1)Nc1ccc(C(=O)N2CCC3CCCCC3C2)cc1. The molecule has 1 saturated carbocycles. The van der Waals surface area contributed by atoms with E-state index in [9.17, 15) is 9.59 Å². The van der Waals surface area contributed by atoms with Gasteiger partial charge >= 0.3 is 6.03 Å². The number of urea groups is 1. The summed E-state index contributed by atoms with van der Waals surface area (Å²) in [7, 11) is 0. The van der Waals surface area contributed by atoms with E-state index in [1.807, 2.05) is 35.2 Å². The highest BCUT2D eigenvalue weighted by atomic mass is 16.2. The minimum absolute atomic E-state index is 0.101. The van der Waals surface area contributed by atoms with Crippen molar-refractivity contribution in [2.75, 3.05) is 23.7 Å². The van der Waals surface area contributed by atoms with Crippen LogP contribution in [0.3, 0.4) is 0 Å². The van der Waals surface area contributed by atoms with Crippen molar-refractivity contribution in [3.05, 3.63) is 60.2 Å². The van der Waals surface area contributed by atoms with Gasteiger partial charge in [0.05, 0.1) is 0 Å². The fourth-order valence-electron chi connectivity index (χ4n) is 4.48. The van der Waals surface area contributed by atoms with Crippen molar-refractivity contribution >= 4 is 23.3 Å². The van der Waals surface area contributed by atoms with Gasteiger partial charge in [-0.3, -0.25) is 4.79 Å². The molecule has 2 unspecified atom stereocenters. The highest BCUT2D eigenvalue weighted by molar-refractivity contribution is 6.00. The summed E-state index contributed by atoms with van der Waals surface area (Å²) in [6, 6.07) is 16.2. The molecule has 28 heavy (non-hydrogen) atoms. The Morgan fingerprint density at radius 3 is 2.14 bits per heavy atom. The van der Waals surface area contributed by atoms with Crippen LogP contribution in [0.5, 0.6) is 0 Å². The summed E-state index contributed by atoms with van der Waals surface area (Å²) in [6.45, 7) is 1.75. The predicted octanol–water partition coefficient (Wildman–Crippen LogP) is 4.98. The molecule has 1 aliphatic carbocycles. The van der Waals surface area contributed by atoms with Gasteiger partial charge < -0.3 is 15.5 Å². The summed E-state index contributed by atoms with van der Waals surface area (Å²) < 4.78 is 0. The van der Waals surface area contributed by atoms with Crippen LogP contribution < -0.4 is 10.6 Å². The number of benzene rings is 2. The van der Waals surface area contributed by atoms with Gasteiger partial charge in [0.1, 0.15) is 0 Å². The third-order valence-corrected chi connectivity index (χ3v) is 6.00. The zero-order chi connectivity index (χ0) is 19.3. The van der Waals surface area contributed by atoms with Crippen LogP contribution in [0.25, 0.3) is 0 Å². The molecule has 146 valence electrons. The maximum absolute atomic E-state index is 12.9. The molecule has 1 heterocycles. The summed E-state index contributed by atoms with van der Waals surface area (Å²) in [6.07, 6.45) is 6.37. The van der Waals surface area contributed by atoms with E-state index in [1.54, 1.807) is 24.3 Å². The Balaban J connectivity index is 1.33. The van der Waals surface area contributed by atoms with Gasteiger partial charge in [-0.2, -0.15) is 0 Å². The summed E-state index contributed by atoms with van der Waals surface area (Å²) in [5, 5.41) is 5.58. The van der Waals surface area contributed by atoms with Gasteiger partial charge in [0.2, 0.25) is 0 Å². The van der Waals surface area contributed by atoms with E-state index in [1.165, 1.54) is 25.7 Å². The van der Waals surface area contributed by atoms with Crippen molar-refractivity contribution < 1.29 is 9.59 Å². The third-order valence-electron chi connectivity index (χ3n) is 6.00. The van der Waals surface area contributed by atoms with Crippen LogP contribution in [-0.2, 0) is 0 Å². The van der Waals surface area contributed by atoms with Crippen molar-refractivity contribution in [2.24, 2.45) is 11.8 Å². The lowest BCUT2D eigenvalue weighted by molar-refractivity contribution is 0.0521. The standard InChI is InChI=1S/C23H27N3O2/c27-22(26-15-14-17-6-4-5-7-19(17)16-26)18-10-12-21(13-11-18)25-23(28)24-20-8-2-1-3-9-20/h1-3,8-13,17,19H,4-7,14-16H2,(H2,24,25,28). The van der Waals surface area contributed by atoms with Gasteiger partial charge in [0.25, 0.3) is 5.91 Å². The Kier molecular flexibility index (Phi) is 5.60. The second kappa shape index (κ2) is 8.46. The number of likely N-dealkylation sites (tertiary alicyclic amines) is 1. The molecule has 5 heteroatoms. The Bertz CT molecular complexity index is 820. The van der Waals surface area contributed by atoms with Gasteiger partial charge in [-0.05, 0) is 61.1 Å². The molecule has 2 atom stereocenters. The lowest BCUT2D eigenvalue weighted by atomic mass is 9.75. The quantitative estimate of drug-likeness (QED) is 0.792. The van der Waals surface area contributed by atoms with Gasteiger partial charge in [-0.1, -0.05) is 37.5 Å². The second-order valence-electron chi connectivity index (χ2n) is 7.87. The number of anilines is 2. The van der Waals surface area contributed by atoms with Crippen LogP contribution in [0.15, 0.2) is 54.6 Å². The highest BCUT2D eigenvalue weighted by Crippen LogP contribution is 2.36. The van der Waals surface area contributed by atoms with E-state index in [4.69, 9.17) is 0 Å². The minimum Gasteiger partial charge on any atom is -0.338 e. The van der Waals surface area contributed by atoms with Crippen molar-refractivity contribution in [3.8, 4) is 0 Å². The number of amides is 3. The number of para-hydroxylation sites is 1. The fourth-order valence-corrected chi connectivity index (χ4v) is 4.48. The molecule has 0 spiro atoms. The van der Waals surface area contributed by atoms with E-state index in [-0.39, 0.29) is 11.9 Å². The monoisotopic (exact) mass is 377 g/mol. The molecule has 2 fully saturated rings. The lowest BCUT2D eigenvalue weighted by Crippen LogP contribution is -2.44. The minimum atomic E-state index is -0.301. The summed E-state index contributed by atoms with van der Waals surface area (Å²) in [5.41, 5.74) is 2.08. The van der Waals surface area contributed by atoms with Crippen LogP contribution >= 0.6 is 0 Å². The Morgan fingerprint density at radius 2 is 1.43 bits per heavy atom. The first-order valence-corrected chi connectivity index (χ1v) is 10.2. The lowest BCUT2D eigenvalue weighted by Gasteiger charge is -2.41. The number of nitrogens with one attached hydrogen (secondary N) is 2. The first-order valence-electron chi connectivity index (χ1n) is 10.2. The van der Waals surface area contributed by atoms with E-state index < -0.39 is 0 Å². The number of hydrogen-bond donors (Lipinski definition) is 2. The Labute approximate surface area is 166 Å². The van der Waals surface area contributed by atoms with Crippen LogP contribution in [0, 0.1) is 11.8 Å². The molecular formula is C23H27N3O2. The number of nitrogens with zero attached hydrogens (tertiary/aromatic N) is 1. The van der Waals surface area contributed by atoms with E-state index in [2.05, 4.69) is 10.6 Å². The fraction of sp³-hybridized carbons (Fsp3) is 0.391. The zero-order valence-corrected chi connectivity index (χ0v) is 16.1. The number of hydrogen-bond acceptors (Lipinski definition) is 2. The van der Waals surface area contributed by atoms with E-state index in [0.29, 0.717) is 17.2 Å². The maximum atomic E-state index is 12.9. The molecule has 2 N–H and O–H groups in total. The van der Waals surface area contributed by atoms with Crippen molar-refractivity contribution in [1.82, 2.24) is 4.90 Å². The average molecular weight is 377 g/mol. The molecule has 0 aromatic heterocycles. The third kappa shape index (κ3) is 4.35. The normalized spacial score (nSPS) is 21.5. The molecule has 1 aliphatic heterocycles. The number of rotatable bonds is 3. The molecule has 1 saturated heterocycles. The molecule has 4 rings (SSSR count). The maximum Gasteiger partial charge on any atom is 0.323 e. The van der Waals surface area contributed by atoms with Crippen LogP contribution in [-0.4, -0.2) is 29.9 Å². The molecule has 0 radical (unpaired) electrons. The average Bonchev–Trinajstić information content (AvgIpc) is 2.74. The number of fused-ring (bicyclic) bond motifs is 1. The topological polar surface area (TPSA) is 61.4 Å². The number of carbonyl (C=O) groups is 2. The van der Waals surface area contributed by atoms with E-state index >= 15 is 0 Å². The number of carbonyl (C=O) groups excluding carboxylic acids is 2. The van der Waals surface area contributed by atoms with Gasteiger partial charge in [0, 0.05) is 30.0 Å². The van der Waals surface area contributed by atoms with Crippen molar-refractivity contribution in [1.29, 1.82) is 0 Å². The van der Waals surface area contributed by atoms with Crippen LogP contribution in [0.4, 0.5) is 16.2 Å². The van der Waals surface area contributed by atoms with Crippen molar-refractivity contribution in [2.45, 2.75) is 32.1 Å². The first kappa shape index (κ1) is 18.5. The molecule has 3 amide bonds. The first-order chi connectivity index (χ1) is 13.7. The number of piperidine rings is 1. The molecule has 2 aliphatic rings. The van der Waals surface area contributed by atoms with Gasteiger partial charge in [-0.25, -0.2) is 4.79 Å². The zero-order valence-electron chi connectivity index (χ0n) is 16.1. The molecule has 2 aromatic rings. The molecule has 2 aromatic carbocycles. The largest absolute Gasteiger partial charge is 0.338 e. The van der Waals surface area contributed by atoms with Crippen molar-refractivity contribution in [3.63, 3.8) is 0 Å². The molecular weight excluding hydrogens is 350 g/mol. The molecule has 0 bridgehead atoms. The molecule has 5 nitrogen and oxygen atoms in total. The highest BCUT2D eigenvalue weighted by Gasteiger charge is 2.33. The van der Waals surface area contributed by atoms with E-state index in [0.717, 1.165) is 31.1 Å². The van der Waals surface area contributed by atoms with Gasteiger partial charge in [-0.15, -0.1) is 0 Å². The summed E-state index contributed by atoms with van der Waals surface area (Å²) >= 11 is 0. The van der Waals surface area contributed by atoms with Crippen LogP contribution in [0.1, 0.15) is 42.5 Å². The Hall–Kier alpha value is -2.82.